The van der Waals surface area contributed by atoms with Crippen LogP contribution in [0.25, 0.3) is 0 Å². The second-order valence-electron chi connectivity index (χ2n) is 0. The van der Waals surface area contributed by atoms with Crippen LogP contribution in [0.1, 0.15) is 0 Å². The fraction of sp³-hybridized carbons (Fsp3) is 0. The van der Waals surface area contributed by atoms with Crippen molar-refractivity contribution in [1.82, 2.24) is 0 Å². The molecule has 0 nitrogen and oxygen atoms in total. The summed E-state index contributed by atoms with van der Waals surface area (Å²) in [5.74, 6) is 0. The zero-order valence-corrected chi connectivity index (χ0v) is 11.0. The van der Waals surface area contributed by atoms with E-state index in [2.05, 4.69) is 0 Å². The van der Waals surface area contributed by atoms with E-state index in [0.717, 1.165) is 0 Å². The van der Waals surface area contributed by atoms with E-state index in [1.807, 2.05) is 0 Å². The third-order valence-electron chi connectivity index (χ3n) is 0. The minimum Gasteiger partial charge on any atom is -2.00 e. The van der Waals surface area contributed by atoms with Gasteiger partial charge in [-0.1, -0.05) is 0 Å². The molecule has 0 saturated heterocycles. The molecule has 0 aliphatic rings. The van der Waals surface area contributed by atoms with Crippen LogP contribution in [-0.4, -0.2) is 0 Å². The first kappa shape index (κ1) is 86.3. The van der Waals surface area contributed by atoms with Crippen molar-refractivity contribution in [2.75, 3.05) is 0 Å². The van der Waals surface area contributed by atoms with Gasteiger partial charge in [-0.15, -0.1) is 0 Å². The van der Waals surface area contributed by atoms with Crippen LogP contribution in [-0.2, 0) is 110 Å². The monoisotopic (exact) mass is 356 g/mol. The zero-order chi connectivity index (χ0) is 0. The smallest absolute Gasteiger partial charge is 0 e. The second-order valence-corrected chi connectivity index (χ2v) is 0. The van der Waals surface area contributed by atoms with Crippen molar-refractivity contribution in [3.63, 3.8) is 0 Å². The molecule has 0 N–H and O–H groups in total. The molecule has 0 aliphatic heterocycles. The van der Waals surface area contributed by atoms with Gasteiger partial charge in [-0.05, 0) is 0 Å². The first-order valence-electron chi connectivity index (χ1n) is 0. The average Bonchev–Trinajstić information content (AvgIpc) is 0. The molecule has 0 aromatic rings. The summed E-state index contributed by atoms with van der Waals surface area (Å²) in [4.78, 5) is 0. The minimum absolute atomic E-state index is 0. The summed E-state index contributed by atoms with van der Waals surface area (Å²) in [6.07, 6.45) is 0. The molecule has 0 bridgehead atoms. The Kier molecular flexibility index (Phi) is 760. The van der Waals surface area contributed by atoms with Crippen molar-refractivity contribution in [3.8, 4) is 0 Å². The molecule has 0 heterocycles. The van der Waals surface area contributed by atoms with Gasteiger partial charge >= 0.3 is 0 Å². The average molecular weight is 352 g/mol. The summed E-state index contributed by atoms with van der Waals surface area (Å²) in [5.41, 5.74) is 0. The van der Waals surface area contributed by atoms with Gasteiger partial charge in [-0.25, -0.2) is 0 Å². The van der Waals surface area contributed by atoms with Crippen LogP contribution in [0.3, 0.4) is 0 Å². The molecule has 0 amide bonds. The van der Waals surface area contributed by atoms with Gasteiger partial charge in [-0.2, -0.15) is 0 Å². The Hall–Kier alpha value is 3.13. The van der Waals surface area contributed by atoms with E-state index in [-0.39, 0.29) is 110 Å². The fourth-order valence-electron chi connectivity index (χ4n) is 0. The Labute approximate surface area is 108 Å². The molecular formula is Mo2S5-10. The maximum absolute atomic E-state index is 0. The third kappa shape index (κ3) is 47.4. The summed E-state index contributed by atoms with van der Waals surface area (Å²) < 4.78 is 0. The van der Waals surface area contributed by atoms with Crippen molar-refractivity contribution in [3.05, 3.63) is 0 Å². The quantitative estimate of drug-likeness (QED) is 0.538. The van der Waals surface area contributed by atoms with E-state index in [1.54, 1.807) is 0 Å². The molecule has 0 radical (unpaired) electrons. The van der Waals surface area contributed by atoms with E-state index in [9.17, 15) is 0 Å². The van der Waals surface area contributed by atoms with Gasteiger partial charge in [-0.3, -0.25) is 0 Å². The van der Waals surface area contributed by atoms with E-state index in [0.29, 0.717) is 0 Å². The minimum atomic E-state index is 0. The van der Waals surface area contributed by atoms with Crippen molar-refractivity contribution < 1.29 is 42.1 Å². The van der Waals surface area contributed by atoms with Crippen LogP contribution in [0.15, 0.2) is 0 Å². The maximum atomic E-state index is 0. The van der Waals surface area contributed by atoms with Gasteiger partial charge < -0.3 is 67.5 Å². The van der Waals surface area contributed by atoms with Crippen molar-refractivity contribution >= 4 is 67.5 Å². The van der Waals surface area contributed by atoms with Crippen LogP contribution in [0.5, 0.6) is 0 Å². The Morgan fingerprint density at radius 3 is 0.286 bits per heavy atom. The zero-order valence-electron chi connectivity index (χ0n) is 2.86. The summed E-state index contributed by atoms with van der Waals surface area (Å²) >= 11 is 0. The van der Waals surface area contributed by atoms with Crippen LogP contribution >= 0.6 is 0 Å². The largest absolute Gasteiger partial charge is 2.00 e. The van der Waals surface area contributed by atoms with Crippen LogP contribution in [0.4, 0.5) is 0 Å². The van der Waals surface area contributed by atoms with Gasteiger partial charge in [0.05, 0.1) is 0 Å². The van der Waals surface area contributed by atoms with Crippen LogP contribution in [0.2, 0.25) is 0 Å². The van der Waals surface area contributed by atoms with Crippen molar-refractivity contribution in [2.24, 2.45) is 0 Å². The molecule has 0 atom stereocenters. The molecule has 0 aromatic heterocycles. The normalized spacial score (nSPS) is 0. The van der Waals surface area contributed by atoms with Crippen LogP contribution in [0, 0.1) is 0 Å². The molecule has 52 valence electrons. The van der Waals surface area contributed by atoms with Crippen molar-refractivity contribution in [2.45, 2.75) is 0 Å². The standard InChI is InChI=1S/2Mo.5S/q;;5*-2. The Morgan fingerprint density at radius 1 is 0.286 bits per heavy atom. The molecule has 0 spiro atoms. The summed E-state index contributed by atoms with van der Waals surface area (Å²) in [6.45, 7) is 0. The molecule has 0 rings (SSSR count). The fourth-order valence-corrected chi connectivity index (χ4v) is 0. The Morgan fingerprint density at radius 2 is 0.286 bits per heavy atom. The summed E-state index contributed by atoms with van der Waals surface area (Å²) in [5, 5.41) is 0. The van der Waals surface area contributed by atoms with E-state index >= 15 is 0 Å². The first-order valence-corrected chi connectivity index (χ1v) is 0. The Bertz CT molecular complexity index is 6.04. The predicted molar refractivity (Wildman–Crippen MR) is 36.8 cm³/mol. The summed E-state index contributed by atoms with van der Waals surface area (Å²) in [7, 11) is 0. The molecule has 7 heavy (non-hydrogen) atoms. The second kappa shape index (κ2) is 61.7. The van der Waals surface area contributed by atoms with E-state index < -0.39 is 0 Å². The van der Waals surface area contributed by atoms with Gasteiger partial charge in [0.1, 0.15) is 0 Å². The molecule has 7 heteroatoms. The van der Waals surface area contributed by atoms with Gasteiger partial charge in [0.25, 0.3) is 0 Å². The molecule has 0 unspecified atom stereocenters. The summed E-state index contributed by atoms with van der Waals surface area (Å²) in [6, 6.07) is 0. The van der Waals surface area contributed by atoms with Crippen LogP contribution < -0.4 is 0 Å². The molecule has 0 saturated carbocycles. The third-order valence-corrected chi connectivity index (χ3v) is 0. The molecule has 0 aromatic carbocycles. The van der Waals surface area contributed by atoms with Gasteiger partial charge in [0, 0.05) is 42.1 Å². The maximum Gasteiger partial charge on any atom is 0 e. The Balaban J connectivity index is 0. The van der Waals surface area contributed by atoms with Gasteiger partial charge in [0.2, 0.25) is 0 Å². The van der Waals surface area contributed by atoms with E-state index in [4.69, 9.17) is 0 Å². The molecule has 0 fully saturated rings. The predicted octanol–water partition coefficient (Wildman–Crippen LogP) is -0.0170. The number of hydrogen-bond donors (Lipinski definition) is 0. The van der Waals surface area contributed by atoms with Gasteiger partial charge in [0.15, 0.2) is 0 Å². The first-order chi connectivity index (χ1) is 0. The van der Waals surface area contributed by atoms with E-state index in [1.165, 1.54) is 0 Å². The SMILES string of the molecule is [Mo].[Mo].[S-2].[S-2].[S-2].[S-2].[S-2]. The topological polar surface area (TPSA) is 0 Å². The number of hydrogen-bond acceptors (Lipinski definition) is 0. The molecule has 0 aliphatic carbocycles. The molecular weight excluding hydrogens is 352 g/mol. The number of rotatable bonds is 0. The van der Waals surface area contributed by atoms with Crippen molar-refractivity contribution in [1.29, 1.82) is 0 Å².